The Morgan fingerprint density at radius 2 is 1.00 bits per heavy atom. The summed E-state index contributed by atoms with van der Waals surface area (Å²) in [5.74, 6) is 0.889. The molecule has 1 N–H and O–H groups in total. The third-order valence-corrected chi connectivity index (χ3v) is 6.67. The molecule has 33 heavy (non-hydrogen) atoms. The summed E-state index contributed by atoms with van der Waals surface area (Å²) in [6.07, 6.45) is 24.5. The van der Waals surface area contributed by atoms with Crippen molar-refractivity contribution in [1.82, 2.24) is 5.43 Å². The quantitative estimate of drug-likeness (QED) is 0.121. The Labute approximate surface area is 214 Å². The van der Waals surface area contributed by atoms with Crippen LogP contribution in [0.5, 0.6) is 0 Å². The maximum atomic E-state index is 3.70. The summed E-state index contributed by atoms with van der Waals surface area (Å²) in [6, 6.07) is 10.8. The minimum absolute atomic E-state index is 0. The van der Waals surface area contributed by atoms with Crippen LogP contribution in [0.25, 0.3) is 0 Å². The van der Waals surface area contributed by atoms with E-state index in [0.717, 1.165) is 23.6 Å². The van der Waals surface area contributed by atoms with Crippen LogP contribution in [0.15, 0.2) is 30.3 Å². The van der Waals surface area contributed by atoms with E-state index < -0.39 is 0 Å². The van der Waals surface area contributed by atoms with E-state index in [4.69, 9.17) is 0 Å². The van der Waals surface area contributed by atoms with Crippen molar-refractivity contribution in [2.75, 3.05) is 20.6 Å². The van der Waals surface area contributed by atoms with Gasteiger partial charge in [0.05, 0.1) is 14.1 Å². The molecule has 0 unspecified atom stereocenters. The zero-order chi connectivity index (χ0) is 23.3. The SMILES string of the molecule is CC(C)CCCCCCCCCCCCCCCCCCN[N+](C)(C)Cc1ccccc1.[Cl-]. The summed E-state index contributed by atoms with van der Waals surface area (Å²) in [7, 11) is 4.53. The highest BCUT2D eigenvalue weighted by Crippen LogP contribution is 2.15. The number of benzene rings is 1. The van der Waals surface area contributed by atoms with Crippen molar-refractivity contribution in [3.05, 3.63) is 35.9 Å². The minimum atomic E-state index is 0. The van der Waals surface area contributed by atoms with Gasteiger partial charge in [0.25, 0.3) is 0 Å². The number of quaternary nitrogens is 1. The van der Waals surface area contributed by atoms with Gasteiger partial charge in [-0.1, -0.05) is 147 Å². The third-order valence-electron chi connectivity index (χ3n) is 6.67. The maximum absolute atomic E-state index is 3.70. The summed E-state index contributed by atoms with van der Waals surface area (Å²) in [6.45, 7) is 6.85. The van der Waals surface area contributed by atoms with E-state index in [-0.39, 0.29) is 12.4 Å². The second-order valence-corrected chi connectivity index (χ2v) is 11.1. The van der Waals surface area contributed by atoms with Gasteiger partial charge < -0.3 is 12.4 Å². The Morgan fingerprint density at radius 1 is 0.606 bits per heavy atom. The monoisotopic (exact) mass is 480 g/mol. The molecule has 0 heterocycles. The summed E-state index contributed by atoms with van der Waals surface area (Å²) in [5.41, 5.74) is 5.10. The molecule has 1 aromatic rings. The van der Waals surface area contributed by atoms with Gasteiger partial charge in [-0.3, -0.25) is 0 Å². The summed E-state index contributed by atoms with van der Waals surface area (Å²) < 4.78 is 0.863. The van der Waals surface area contributed by atoms with Crippen LogP contribution in [-0.4, -0.2) is 25.2 Å². The van der Waals surface area contributed by atoms with Crippen molar-refractivity contribution in [2.24, 2.45) is 5.92 Å². The highest BCUT2D eigenvalue weighted by molar-refractivity contribution is 5.13. The fourth-order valence-electron chi connectivity index (χ4n) is 4.63. The highest BCUT2D eigenvalue weighted by Gasteiger charge is 2.14. The normalized spacial score (nSPS) is 11.7. The second-order valence-electron chi connectivity index (χ2n) is 11.1. The molecule has 0 bridgehead atoms. The van der Waals surface area contributed by atoms with Crippen LogP contribution in [0.2, 0.25) is 0 Å². The van der Waals surface area contributed by atoms with Crippen molar-refractivity contribution in [3.8, 4) is 0 Å². The molecular weight excluding hydrogens is 424 g/mol. The zero-order valence-corrected chi connectivity index (χ0v) is 23.5. The molecule has 1 rings (SSSR count). The molecule has 0 aromatic heterocycles. The molecule has 0 radical (unpaired) electrons. The van der Waals surface area contributed by atoms with Crippen LogP contribution in [0.4, 0.5) is 0 Å². The number of hydrogen-bond acceptors (Lipinski definition) is 1. The second kappa shape index (κ2) is 21.9. The van der Waals surface area contributed by atoms with E-state index in [9.17, 15) is 0 Å². The van der Waals surface area contributed by atoms with E-state index >= 15 is 0 Å². The Morgan fingerprint density at radius 3 is 1.42 bits per heavy atom. The molecule has 0 aliphatic rings. The van der Waals surface area contributed by atoms with Gasteiger partial charge in [-0.05, 0) is 12.3 Å². The van der Waals surface area contributed by atoms with Gasteiger partial charge in [-0.15, -0.1) is 0 Å². The summed E-state index contributed by atoms with van der Waals surface area (Å²) >= 11 is 0. The van der Waals surface area contributed by atoms with E-state index in [1.165, 1.54) is 115 Å². The molecule has 0 atom stereocenters. The highest BCUT2D eigenvalue weighted by atomic mass is 35.5. The first-order chi connectivity index (χ1) is 15.5. The predicted octanol–water partition coefficient (Wildman–Crippen LogP) is 6.06. The van der Waals surface area contributed by atoms with Gasteiger partial charge >= 0.3 is 0 Å². The van der Waals surface area contributed by atoms with E-state index in [2.05, 4.69) is 63.7 Å². The first kappa shape index (κ1) is 32.4. The van der Waals surface area contributed by atoms with Crippen LogP contribution in [-0.2, 0) is 6.54 Å². The maximum Gasteiger partial charge on any atom is 0.121 e. The van der Waals surface area contributed by atoms with Gasteiger partial charge in [-0.2, -0.15) is 5.43 Å². The predicted molar refractivity (Wildman–Crippen MR) is 144 cm³/mol. The molecule has 3 heteroatoms. The van der Waals surface area contributed by atoms with Crippen LogP contribution in [0.1, 0.15) is 129 Å². The molecule has 194 valence electrons. The van der Waals surface area contributed by atoms with E-state index in [0.29, 0.717) is 0 Å². The van der Waals surface area contributed by atoms with Crippen molar-refractivity contribution < 1.29 is 17.0 Å². The summed E-state index contributed by atoms with van der Waals surface area (Å²) in [4.78, 5) is 0. The number of nitrogens with one attached hydrogen (secondary N) is 1. The molecule has 1 aromatic carbocycles. The standard InChI is InChI=1S/C30H57N2.ClH/c1-29(2)24-20-17-15-13-11-9-7-5-6-8-10-12-14-16-18-23-27-31-32(3,4)28-30-25-21-19-22-26-30;/h19,21-22,25-26,29,31H,5-18,20,23-24,27-28H2,1-4H3;1H/q+1;/p-1. The van der Waals surface area contributed by atoms with Crippen LogP contribution < -0.4 is 17.8 Å². The van der Waals surface area contributed by atoms with Gasteiger partial charge in [0.2, 0.25) is 0 Å². The Hall–Kier alpha value is -0.570. The molecule has 0 saturated carbocycles. The number of unbranched alkanes of at least 4 members (excludes halogenated alkanes) is 15. The van der Waals surface area contributed by atoms with Crippen LogP contribution >= 0.6 is 0 Å². The average molecular weight is 481 g/mol. The molecule has 0 spiro atoms. The fourth-order valence-corrected chi connectivity index (χ4v) is 4.63. The number of rotatable bonds is 22. The summed E-state index contributed by atoms with van der Waals surface area (Å²) in [5, 5.41) is 0. The van der Waals surface area contributed by atoms with Crippen molar-refractivity contribution in [1.29, 1.82) is 0 Å². The number of nitrogens with zero attached hydrogens (tertiary/aromatic N) is 1. The molecule has 2 nitrogen and oxygen atoms in total. The number of halogens is 1. The lowest BCUT2D eigenvalue weighted by atomic mass is 10.0. The number of hydrogen-bond donors (Lipinski definition) is 1. The van der Waals surface area contributed by atoms with Crippen LogP contribution in [0.3, 0.4) is 0 Å². The molecule has 0 fully saturated rings. The minimum Gasteiger partial charge on any atom is -1.00 e. The molecule has 0 amide bonds. The Bertz CT molecular complexity index is 515. The molecule has 0 aliphatic carbocycles. The lowest BCUT2D eigenvalue weighted by Gasteiger charge is -2.29. The largest absolute Gasteiger partial charge is 1.00 e. The first-order valence-corrected chi connectivity index (χ1v) is 14.1. The lowest BCUT2D eigenvalue weighted by molar-refractivity contribution is -0.946. The first-order valence-electron chi connectivity index (χ1n) is 14.1. The molecular formula is C30H57ClN2. The third kappa shape index (κ3) is 21.7. The van der Waals surface area contributed by atoms with Gasteiger partial charge in [-0.25, -0.2) is 4.59 Å². The molecule has 0 saturated heterocycles. The molecule has 0 aliphatic heterocycles. The van der Waals surface area contributed by atoms with Crippen LogP contribution in [0, 0.1) is 5.92 Å². The van der Waals surface area contributed by atoms with E-state index in [1.807, 2.05) is 0 Å². The Kier molecular flexibility index (Phi) is 21.6. The van der Waals surface area contributed by atoms with Crippen molar-refractivity contribution in [2.45, 2.75) is 130 Å². The topological polar surface area (TPSA) is 12.0 Å². The van der Waals surface area contributed by atoms with Gasteiger partial charge in [0.15, 0.2) is 0 Å². The van der Waals surface area contributed by atoms with Gasteiger partial charge in [0.1, 0.15) is 6.54 Å². The van der Waals surface area contributed by atoms with Crippen molar-refractivity contribution in [3.63, 3.8) is 0 Å². The van der Waals surface area contributed by atoms with Gasteiger partial charge in [0, 0.05) is 12.1 Å². The fraction of sp³-hybridized carbons (Fsp3) is 0.800. The van der Waals surface area contributed by atoms with Crippen molar-refractivity contribution >= 4 is 0 Å². The Balaban J connectivity index is 0.0000102. The average Bonchev–Trinajstić information content (AvgIpc) is 2.75. The van der Waals surface area contributed by atoms with E-state index in [1.54, 1.807) is 0 Å². The lowest BCUT2D eigenvalue weighted by Crippen LogP contribution is -3.00. The smallest absolute Gasteiger partial charge is 0.121 e. The zero-order valence-electron chi connectivity index (χ0n) is 22.7.